The van der Waals surface area contributed by atoms with Crippen molar-refractivity contribution < 1.29 is 9.18 Å². The molecule has 1 heterocycles. The smallest absolute Gasteiger partial charge is 0.224 e. The van der Waals surface area contributed by atoms with Crippen molar-refractivity contribution in [1.29, 1.82) is 0 Å². The molecule has 1 atom stereocenters. The number of carbonyl (C=O) groups is 1. The first kappa shape index (κ1) is 18.0. The van der Waals surface area contributed by atoms with Crippen LogP contribution in [0.3, 0.4) is 0 Å². The number of hydrogen-bond acceptors (Lipinski definition) is 5. The summed E-state index contributed by atoms with van der Waals surface area (Å²) in [4.78, 5) is 11.8. The Balaban J connectivity index is 0.00000242. The fraction of sp³-hybridized carbons (Fsp3) is 0.385. The largest absolute Gasteiger partial charge is 0.328 e. The van der Waals surface area contributed by atoms with E-state index in [0.717, 1.165) is 0 Å². The summed E-state index contributed by atoms with van der Waals surface area (Å²) in [6.07, 6.45) is 0.903. The van der Waals surface area contributed by atoms with E-state index in [4.69, 9.17) is 5.73 Å². The normalized spacial score (nSPS) is 11.6. The van der Waals surface area contributed by atoms with Crippen LogP contribution < -0.4 is 11.1 Å². The zero-order valence-corrected chi connectivity index (χ0v) is 13.1. The maximum atomic E-state index is 13.9. The highest BCUT2D eigenvalue weighted by molar-refractivity contribution is 5.91. The molecule has 1 aromatic heterocycles. The molecule has 0 bridgehead atoms. The van der Waals surface area contributed by atoms with Crippen LogP contribution in [-0.4, -0.2) is 32.2 Å². The predicted octanol–water partition coefficient (Wildman–Crippen LogP) is 1.60. The minimum absolute atomic E-state index is 0. The topological polar surface area (TPSA) is 98.7 Å². The molecule has 0 spiro atoms. The Bertz CT molecular complexity index is 645. The molecule has 1 amide bonds. The molecule has 0 fully saturated rings. The van der Waals surface area contributed by atoms with Gasteiger partial charge in [0.05, 0.1) is 0 Å². The van der Waals surface area contributed by atoms with E-state index >= 15 is 0 Å². The second-order valence-corrected chi connectivity index (χ2v) is 4.87. The average Bonchev–Trinajstić information content (AvgIpc) is 2.85. The number of aromatic nitrogens is 4. The van der Waals surface area contributed by atoms with Gasteiger partial charge in [0.1, 0.15) is 11.5 Å². The van der Waals surface area contributed by atoms with Crippen molar-refractivity contribution in [2.75, 3.05) is 5.32 Å². The first-order valence-electron chi connectivity index (χ1n) is 6.57. The second kappa shape index (κ2) is 7.81. The van der Waals surface area contributed by atoms with Crippen LogP contribution in [-0.2, 0) is 4.79 Å². The zero-order chi connectivity index (χ0) is 15.4. The standard InChI is InChI=1S/C13H17FN6O.ClH/c1-8(15)3-6-13(21)16-10-4-5-11(14)12(7-10)20-9(2)17-18-19-20;/h4-5,7-8H,3,6,15H2,1-2H3,(H,16,21);1H. The molecule has 0 aliphatic heterocycles. The quantitative estimate of drug-likeness (QED) is 0.868. The van der Waals surface area contributed by atoms with Crippen molar-refractivity contribution in [2.24, 2.45) is 5.73 Å². The summed E-state index contributed by atoms with van der Waals surface area (Å²) in [5.41, 5.74) is 6.27. The number of nitrogens with two attached hydrogens (primary N) is 1. The summed E-state index contributed by atoms with van der Waals surface area (Å²) in [5, 5.41) is 13.6. The fourth-order valence-corrected chi connectivity index (χ4v) is 1.79. The van der Waals surface area contributed by atoms with Crippen molar-refractivity contribution in [3.05, 3.63) is 29.8 Å². The molecule has 7 nitrogen and oxygen atoms in total. The van der Waals surface area contributed by atoms with E-state index < -0.39 is 5.82 Å². The molecule has 0 aliphatic rings. The first-order chi connectivity index (χ1) is 9.97. The van der Waals surface area contributed by atoms with E-state index in [9.17, 15) is 9.18 Å². The molecule has 0 radical (unpaired) electrons. The summed E-state index contributed by atoms with van der Waals surface area (Å²) in [6, 6.07) is 4.20. The van der Waals surface area contributed by atoms with Gasteiger partial charge in [0, 0.05) is 18.2 Å². The molecule has 2 rings (SSSR count). The van der Waals surface area contributed by atoms with Gasteiger partial charge in [-0.1, -0.05) is 0 Å². The highest BCUT2D eigenvalue weighted by Gasteiger charge is 2.12. The molecular weight excluding hydrogens is 311 g/mol. The minimum Gasteiger partial charge on any atom is -0.328 e. The van der Waals surface area contributed by atoms with E-state index in [2.05, 4.69) is 20.8 Å². The van der Waals surface area contributed by atoms with E-state index in [1.807, 2.05) is 6.92 Å². The lowest BCUT2D eigenvalue weighted by Crippen LogP contribution is -2.19. The zero-order valence-electron chi connectivity index (χ0n) is 12.3. The third kappa shape index (κ3) is 4.47. The monoisotopic (exact) mass is 328 g/mol. The van der Waals surface area contributed by atoms with Gasteiger partial charge in [0.15, 0.2) is 5.82 Å². The third-order valence-electron chi connectivity index (χ3n) is 2.91. The molecule has 3 N–H and O–H groups in total. The number of nitrogens with one attached hydrogen (secondary N) is 1. The molecule has 2 aromatic rings. The van der Waals surface area contributed by atoms with Gasteiger partial charge in [-0.3, -0.25) is 4.79 Å². The lowest BCUT2D eigenvalue weighted by Gasteiger charge is -2.09. The Labute approximate surface area is 133 Å². The van der Waals surface area contributed by atoms with Crippen molar-refractivity contribution in [3.63, 3.8) is 0 Å². The van der Waals surface area contributed by atoms with E-state index in [-0.39, 0.29) is 30.0 Å². The molecule has 120 valence electrons. The summed E-state index contributed by atoms with van der Waals surface area (Å²) in [6.45, 7) is 3.50. The average molecular weight is 329 g/mol. The van der Waals surface area contributed by atoms with Gasteiger partial charge in [-0.15, -0.1) is 17.5 Å². The number of amides is 1. The van der Waals surface area contributed by atoms with Crippen molar-refractivity contribution >= 4 is 24.0 Å². The summed E-state index contributed by atoms with van der Waals surface area (Å²) in [5.74, 6) is -0.188. The number of aryl methyl sites for hydroxylation is 1. The fourth-order valence-electron chi connectivity index (χ4n) is 1.79. The van der Waals surface area contributed by atoms with Gasteiger partial charge in [-0.05, 0) is 48.9 Å². The molecule has 22 heavy (non-hydrogen) atoms. The summed E-state index contributed by atoms with van der Waals surface area (Å²) >= 11 is 0. The summed E-state index contributed by atoms with van der Waals surface area (Å²) in [7, 11) is 0. The first-order valence-corrected chi connectivity index (χ1v) is 6.57. The van der Waals surface area contributed by atoms with Crippen LogP contribution in [0.4, 0.5) is 10.1 Å². The van der Waals surface area contributed by atoms with Crippen molar-refractivity contribution in [1.82, 2.24) is 20.2 Å². The van der Waals surface area contributed by atoms with Crippen molar-refractivity contribution in [2.45, 2.75) is 32.7 Å². The van der Waals surface area contributed by atoms with Crippen LogP contribution >= 0.6 is 12.4 Å². The van der Waals surface area contributed by atoms with Crippen LogP contribution in [0.15, 0.2) is 18.2 Å². The van der Waals surface area contributed by atoms with Crippen LogP contribution in [0.1, 0.15) is 25.6 Å². The Morgan fingerprint density at radius 1 is 1.50 bits per heavy atom. The Morgan fingerprint density at radius 2 is 2.23 bits per heavy atom. The van der Waals surface area contributed by atoms with Gasteiger partial charge < -0.3 is 11.1 Å². The van der Waals surface area contributed by atoms with E-state index in [1.165, 1.54) is 22.9 Å². The second-order valence-electron chi connectivity index (χ2n) is 4.87. The highest BCUT2D eigenvalue weighted by Crippen LogP contribution is 2.19. The van der Waals surface area contributed by atoms with Crippen LogP contribution in [0.2, 0.25) is 0 Å². The van der Waals surface area contributed by atoms with E-state index in [1.54, 1.807) is 6.92 Å². The van der Waals surface area contributed by atoms with Crippen LogP contribution in [0.5, 0.6) is 0 Å². The molecule has 0 saturated heterocycles. The molecule has 0 aliphatic carbocycles. The van der Waals surface area contributed by atoms with Gasteiger partial charge in [-0.25, -0.2) is 4.39 Å². The van der Waals surface area contributed by atoms with Gasteiger partial charge in [0.2, 0.25) is 5.91 Å². The van der Waals surface area contributed by atoms with Crippen molar-refractivity contribution in [3.8, 4) is 5.69 Å². The number of tetrazole rings is 1. The van der Waals surface area contributed by atoms with Crippen LogP contribution in [0, 0.1) is 12.7 Å². The number of hydrogen-bond donors (Lipinski definition) is 2. The molecule has 1 aromatic carbocycles. The van der Waals surface area contributed by atoms with Gasteiger partial charge >= 0.3 is 0 Å². The molecule has 1 unspecified atom stereocenters. The van der Waals surface area contributed by atoms with Crippen LogP contribution in [0.25, 0.3) is 5.69 Å². The van der Waals surface area contributed by atoms with E-state index in [0.29, 0.717) is 24.4 Å². The number of carbonyl (C=O) groups excluding carboxylic acids is 1. The molecule has 9 heteroatoms. The lowest BCUT2D eigenvalue weighted by atomic mass is 10.2. The Kier molecular flexibility index (Phi) is 6.39. The number of nitrogens with zero attached hydrogens (tertiary/aromatic N) is 4. The number of rotatable bonds is 5. The summed E-state index contributed by atoms with van der Waals surface area (Å²) < 4.78 is 15.1. The number of halogens is 2. The number of anilines is 1. The third-order valence-corrected chi connectivity index (χ3v) is 2.91. The maximum Gasteiger partial charge on any atom is 0.224 e. The minimum atomic E-state index is -0.473. The van der Waals surface area contributed by atoms with Gasteiger partial charge in [0.25, 0.3) is 0 Å². The molecule has 0 saturated carbocycles. The SMILES string of the molecule is Cc1nnnn1-c1cc(NC(=O)CCC(C)N)ccc1F.Cl. The highest BCUT2D eigenvalue weighted by atomic mass is 35.5. The van der Waals surface area contributed by atoms with Gasteiger partial charge in [-0.2, -0.15) is 4.68 Å². The Hall–Kier alpha value is -2.06. The lowest BCUT2D eigenvalue weighted by molar-refractivity contribution is -0.116. The Morgan fingerprint density at radius 3 is 2.82 bits per heavy atom. The maximum absolute atomic E-state index is 13.9. The predicted molar refractivity (Wildman–Crippen MR) is 82.6 cm³/mol. The number of benzene rings is 1. The molecular formula is C13H18ClFN6O.